The zero-order valence-electron chi connectivity index (χ0n) is 7.62. The van der Waals surface area contributed by atoms with Gasteiger partial charge in [0.25, 0.3) is 5.91 Å². The van der Waals surface area contributed by atoms with Gasteiger partial charge in [-0.1, -0.05) is 0 Å². The summed E-state index contributed by atoms with van der Waals surface area (Å²) in [4.78, 5) is 11.4. The topological polar surface area (TPSA) is 70.2 Å². The fraction of sp³-hybridized carbons (Fsp3) is 0.111. The molecule has 4 nitrogen and oxygen atoms in total. The molecular weight excluding hydrogens is 185 g/mol. The lowest BCUT2D eigenvalue weighted by molar-refractivity contribution is 0.0845. The first-order valence-electron chi connectivity index (χ1n) is 3.92. The van der Waals surface area contributed by atoms with Crippen molar-refractivity contribution in [2.45, 2.75) is 6.92 Å². The molecule has 1 rings (SSSR count). The van der Waals surface area contributed by atoms with Gasteiger partial charge in [-0.05, 0) is 31.2 Å². The second kappa shape index (κ2) is 3.97. The number of hydrazine groups is 1. The second-order valence-corrected chi connectivity index (χ2v) is 2.77. The van der Waals surface area contributed by atoms with Crippen molar-refractivity contribution in [1.29, 1.82) is 5.41 Å². The average molecular weight is 195 g/mol. The highest BCUT2D eigenvalue weighted by molar-refractivity contribution is 6.04. The van der Waals surface area contributed by atoms with Crippen LogP contribution in [0.4, 0.5) is 4.39 Å². The molecule has 1 amide bonds. The molecule has 0 unspecified atom stereocenters. The SMILES string of the molecule is CC(=N)N(N)C(=O)c1ccc(F)cc1. The van der Waals surface area contributed by atoms with Gasteiger partial charge >= 0.3 is 0 Å². The summed E-state index contributed by atoms with van der Waals surface area (Å²) >= 11 is 0. The summed E-state index contributed by atoms with van der Waals surface area (Å²) in [6, 6.07) is 4.97. The summed E-state index contributed by atoms with van der Waals surface area (Å²) < 4.78 is 12.5. The van der Waals surface area contributed by atoms with Gasteiger partial charge in [-0.25, -0.2) is 15.2 Å². The van der Waals surface area contributed by atoms with Gasteiger partial charge < -0.3 is 0 Å². The summed E-state index contributed by atoms with van der Waals surface area (Å²) in [6.07, 6.45) is 0. The first kappa shape index (κ1) is 10.3. The molecule has 0 spiro atoms. The van der Waals surface area contributed by atoms with Crippen molar-refractivity contribution in [1.82, 2.24) is 5.01 Å². The van der Waals surface area contributed by atoms with Crippen LogP contribution in [-0.2, 0) is 0 Å². The van der Waals surface area contributed by atoms with E-state index in [-0.39, 0.29) is 11.4 Å². The van der Waals surface area contributed by atoms with Crippen LogP contribution < -0.4 is 5.84 Å². The van der Waals surface area contributed by atoms with Gasteiger partial charge in [-0.2, -0.15) is 0 Å². The van der Waals surface area contributed by atoms with E-state index in [2.05, 4.69) is 0 Å². The van der Waals surface area contributed by atoms with E-state index in [1.807, 2.05) is 0 Å². The summed E-state index contributed by atoms with van der Waals surface area (Å²) in [7, 11) is 0. The molecule has 74 valence electrons. The number of hydrogen-bond acceptors (Lipinski definition) is 3. The molecule has 0 heterocycles. The lowest BCUT2D eigenvalue weighted by Crippen LogP contribution is -2.40. The number of carbonyl (C=O) groups is 1. The number of amides is 1. The number of amidine groups is 1. The van der Waals surface area contributed by atoms with Crippen molar-refractivity contribution >= 4 is 11.7 Å². The van der Waals surface area contributed by atoms with Crippen LogP contribution in [0.15, 0.2) is 24.3 Å². The van der Waals surface area contributed by atoms with Gasteiger partial charge in [-0.3, -0.25) is 10.2 Å². The van der Waals surface area contributed by atoms with Gasteiger partial charge in [0.2, 0.25) is 0 Å². The minimum Gasteiger partial charge on any atom is -0.287 e. The number of nitrogens with one attached hydrogen (secondary N) is 1. The summed E-state index contributed by atoms with van der Waals surface area (Å²) in [6.45, 7) is 1.39. The number of carbonyl (C=O) groups excluding carboxylic acids is 1. The van der Waals surface area contributed by atoms with Gasteiger partial charge in [0.1, 0.15) is 11.7 Å². The first-order valence-corrected chi connectivity index (χ1v) is 3.92. The molecule has 1 aromatic rings. The monoisotopic (exact) mass is 195 g/mol. The Labute approximate surface area is 80.6 Å². The minimum absolute atomic E-state index is 0.0701. The van der Waals surface area contributed by atoms with E-state index in [0.717, 1.165) is 0 Å². The molecule has 0 radical (unpaired) electrons. The quantitative estimate of drug-likeness (QED) is 0.232. The van der Waals surface area contributed by atoms with E-state index in [4.69, 9.17) is 11.3 Å². The average Bonchev–Trinajstić information content (AvgIpc) is 2.16. The maximum Gasteiger partial charge on any atom is 0.273 e. The van der Waals surface area contributed by atoms with Crippen molar-refractivity contribution in [3.63, 3.8) is 0 Å². The second-order valence-electron chi connectivity index (χ2n) is 2.77. The van der Waals surface area contributed by atoms with Crippen molar-refractivity contribution in [2.75, 3.05) is 0 Å². The van der Waals surface area contributed by atoms with Crippen LogP contribution in [0.3, 0.4) is 0 Å². The summed E-state index contributed by atoms with van der Waals surface area (Å²) in [5, 5.41) is 7.83. The molecule has 0 aliphatic rings. The number of halogens is 1. The first-order chi connectivity index (χ1) is 6.52. The standard InChI is InChI=1S/C9H10FN3O/c1-6(11)13(12)9(14)7-2-4-8(10)5-3-7/h2-5,11H,12H2,1H3. The molecule has 0 aliphatic heterocycles. The van der Waals surface area contributed by atoms with Gasteiger partial charge in [0.05, 0.1) is 0 Å². The predicted octanol–water partition coefficient (Wildman–Crippen LogP) is 1.14. The van der Waals surface area contributed by atoms with Crippen LogP contribution in [0.1, 0.15) is 17.3 Å². The molecule has 0 aromatic heterocycles. The van der Waals surface area contributed by atoms with Crippen LogP contribution in [0.25, 0.3) is 0 Å². The minimum atomic E-state index is -0.530. The maximum atomic E-state index is 12.5. The Kier molecular flexibility index (Phi) is 2.93. The fourth-order valence-electron chi connectivity index (χ4n) is 0.884. The van der Waals surface area contributed by atoms with Crippen molar-refractivity contribution in [3.8, 4) is 0 Å². The van der Waals surface area contributed by atoms with Crippen LogP contribution in [-0.4, -0.2) is 16.8 Å². The zero-order valence-corrected chi connectivity index (χ0v) is 7.62. The third-order valence-corrected chi connectivity index (χ3v) is 1.67. The molecular formula is C9H10FN3O. The smallest absolute Gasteiger partial charge is 0.273 e. The van der Waals surface area contributed by atoms with Crippen LogP contribution in [0, 0.1) is 11.2 Å². The van der Waals surface area contributed by atoms with Crippen molar-refractivity contribution < 1.29 is 9.18 Å². The summed E-state index contributed by atoms with van der Waals surface area (Å²) in [5.74, 6) is 4.28. The summed E-state index contributed by atoms with van der Waals surface area (Å²) in [5.41, 5.74) is 0.250. The Hall–Kier alpha value is -1.75. The van der Waals surface area contributed by atoms with Gasteiger partial charge in [-0.15, -0.1) is 0 Å². The number of hydrogen-bond donors (Lipinski definition) is 2. The zero-order chi connectivity index (χ0) is 10.7. The third kappa shape index (κ3) is 2.14. The Morgan fingerprint density at radius 2 is 1.93 bits per heavy atom. The van der Waals surface area contributed by atoms with E-state index in [1.54, 1.807) is 0 Å². The molecule has 5 heteroatoms. The maximum absolute atomic E-state index is 12.5. The molecule has 1 aromatic carbocycles. The predicted molar refractivity (Wildman–Crippen MR) is 50.2 cm³/mol. The highest BCUT2D eigenvalue weighted by atomic mass is 19.1. The highest BCUT2D eigenvalue weighted by Crippen LogP contribution is 2.04. The van der Waals surface area contributed by atoms with Crippen molar-refractivity contribution in [2.24, 2.45) is 5.84 Å². The molecule has 3 N–H and O–H groups in total. The van der Waals surface area contributed by atoms with Gasteiger partial charge in [0, 0.05) is 5.56 Å². The van der Waals surface area contributed by atoms with E-state index in [9.17, 15) is 9.18 Å². The number of benzene rings is 1. The largest absolute Gasteiger partial charge is 0.287 e. The Morgan fingerprint density at radius 1 is 1.43 bits per heavy atom. The molecule has 0 saturated carbocycles. The van der Waals surface area contributed by atoms with E-state index < -0.39 is 11.7 Å². The van der Waals surface area contributed by atoms with E-state index >= 15 is 0 Å². The number of nitrogens with two attached hydrogens (primary N) is 1. The highest BCUT2D eigenvalue weighted by Gasteiger charge is 2.13. The molecule has 0 fully saturated rings. The normalized spacial score (nSPS) is 9.64. The molecule has 14 heavy (non-hydrogen) atoms. The molecule has 0 atom stereocenters. The third-order valence-electron chi connectivity index (χ3n) is 1.67. The van der Waals surface area contributed by atoms with Gasteiger partial charge in [0.15, 0.2) is 0 Å². The van der Waals surface area contributed by atoms with E-state index in [1.165, 1.54) is 31.2 Å². The molecule has 0 saturated heterocycles. The number of nitrogens with zero attached hydrogens (tertiary/aromatic N) is 1. The Balaban J connectivity index is 2.90. The lowest BCUT2D eigenvalue weighted by Gasteiger charge is -2.13. The van der Waals surface area contributed by atoms with Crippen LogP contribution >= 0.6 is 0 Å². The van der Waals surface area contributed by atoms with Crippen molar-refractivity contribution in [3.05, 3.63) is 35.6 Å². The van der Waals surface area contributed by atoms with Crippen LogP contribution in [0.2, 0.25) is 0 Å². The van der Waals surface area contributed by atoms with E-state index in [0.29, 0.717) is 5.01 Å². The Bertz CT molecular complexity index is 361. The molecule has 0 aliphatic carbocycles. The number of rotatable bonds is 1. The molecule has 0 bridgehead atoms. The fourth-order valence-corrected chi connectivity index (χ4v) is 0.884. The van der Waals surface area contributed by atoms with Crippen LogP contribution in [0.5, 0.6) is 0 Å². The lowest BCUT2D eigenvalue weighted by atomic mass is 10.2. The Morgan fingerprint density at radius 3 is 2.36 bits per heavy atom.